The van der Waals surface area contributed by atoms with Gasteiger partial charge < -0.3 is 9.88 Å². The molecule has 0 bridgehead atoms. The quantitative estimate of drug-likeness (QED) is 0.607. The number of alkyl halides is 3. The first-order chi connectivity index (χ1) is 13.3. The van der Waals surface area contributed by atoms with Gasteiger partial charge in [-0.2, -0.15) is 13.2 Å². The first kappa shape index (κ1) is 20.2. The number of rotatable bonds is 5. The number of nitrogens with zero attached hydrogens (tertiary/aromatic N) is 2. The normalized spacial score (nSPS) is 11.8. The molecule has 0 aliphatic heterocycles. The molecule has 8 heteroatoms. The van der Waals surface area contributed by atoms with Crippen LogP contribution in [0.25, 0.3) is 11.0 Å². The maximum absolute atomic E-state index is 13.4. The van der Waals surface area contributed by atoms with Crippen molar-refractivity contribution >= 4 is 34.2 Å². The van der Waals surface area contributed by atoms with Crippen LogP contribution in [0.3, 0.4) is 0 Å². The smallest absolute Gasteiger partial charge is 0.324 e. The van der Waals surface area contributed by atoms with Gasteiger partial charge in [0, 0.05) is 10.7 Å². The second-order valence-electron chi connectivity index (χ2n) is 6.32. The summed E-state index contributed by atoms with van der Waals surface area (Å²) in [6.07, 6.45) is -3.43. The Morgan fingerprint density at radius 3 is 2.50 bits per heavy atom. The first-order valence-corrected chi connectivity index (χ1v) is 9.26. The zero-order valence-electron chi connectivity index (χ0n) is 15.4. The summed E-state index contributed by atoms with van der Waals surface area (Å²) in [5.74, 6) is -1.67. The molecule has 4 nitrogen and oxygen atoms in total. The van der Waals surface area contributed by atoms with Gasteiger partial charge in [0.05, 0.1) is 11.0 Å². The highest BCUT2D eigenvalue weighted by molar-refractivity contribution is 6.32. The van der Waals surface area contributed by atoms with Gasteiger partial charge in [-0.25, -0.2) is 4.98 Å². The SMILES string of the molecule is CCc1ccc(Cl)c(CC)c1NC(=O)Cn1c(C(F)(F)F)nc2ccccc21. The molecule has 0 aliphatic rings. The van der Waals surface area contributed by atoms with Gasteiger partial charge in [-0.05, 0) is 42.2 Å². The van der Waals surface area contributed by atoms with Crippen molar-refractivity contribution in [1.29, 1.82) is 0 Å². The number of imidazole rings is 1. The number of para-hydroxylation sites is 2. The largest absolute Gasteiger partial charge is 0.449 e. The summed E-state index contributed by atoms with van der Waals surface area (Å²) >= 11 is 6.23. The fraction of sp³-hybridized carbons (Fsp3) is 0.300. The zero-order valence-corrected chi connectivity index (χ0v) is 16.2. The zero-order chi connectivity index (χ0) is 20.5. The van der Waals surface area contributed by atoms with E-state index in [1.165, 1.54) is 12.1 Å². The maximum Gasteiger partial charge on any atom is 0.449 e. The second kappa shape index (κ2) is 7.83. The van der Waals surface area contributed by atoms with Gasteiger partial charge in [-0.3, -0.25) is 4.79 Å². The van der Waals surface area contributed by atoms with Crippen molar-refractivity contribution in [3.8, 4) is 0 Å². The van der Waals surface area contributed by atoms with Crippen LogP contribution in [0.5, 0.6) is 0 Å². The lowest BCUT2D eigenvalue weighted by molar-refractivity contribution is -0.147. The average molecular weight is 410 g/mol. The van der Waals surface area contributed by atoms with Gasteiger partial charge in [0.15, 0.2) is 0 Å². The number of aromatic nitrogens is 2. The number of carbonyl (C=O) groups is 1. The van der Waals surface area contributed by atoms with Crippen molar-refractivity contribution in [3.63, 3.8) is 0 Å². The summed E-state index contributed by atoms with van der Waals surface area (Å²) < 4.78 is 41.2. The molecule has 1 N–H and O–H groups in total. The highest BCUT2D eigenvalue weighted by Crippen LogP contribution is 2.32. The number of aryl methyl sites for hydroxylation is 1. The predicted octanol–water partition coefficient (Wildman–Crippen LogP) is 5.47. The van der Waals surface area contributed by atoms with Gasteiger partial charge in [0.25, 0.3) is 0 Å². The third-order valence-corrected chi connectivity index (χ3v) is 4.90. The average Bonchev–Trinajstić information content (AvgIpc) is 3.01. The number of fused-ring (bicyclic) bond motifs is 1. The highest BCUT2D eigenvalue weighted by Gasteiger charge is 2.38. The molecule has 0 aliphatic carbocycles. The number of amides is 1. The number of hydrogen-bond acceptors (Lipinski definition) is 2. The number of hydrogen-bond donors (Lipinski definition) is 1. The molecule has 1 aromatic heterocycles. The standard InChI is InChI=1S/C20H19ClF3N3O/c1-3-12-9-10-14(21)13(4-2)18(12)26-17(28)11-27-16-8-6-5-7-15(16)25-19(27)20(22,23)24/h5-10H,3-4,11H2,1-2H3,(H,26,28). The molecular weight excluding hydrogens is 391 g/mol. The Bertz CT molecular complexity index is 1030. The fourth-order valence-corrected chi connectivity index (χ4v) is 3.53. The van der Waals surface area contributed by atoms with E-state index in [-0.39, 0.29) is 11.0 Å². The predicted molar refractivity (Wildman–Crippen MR) is 104 cm³/mol. The van der Waals surface area contributed by atoms with Gasteiger partial charge >= 0.3 is 6.18 Å². The van der Waals surface area contributed by atoms with Crippen LogP contribution in [-0.4, -0.2) is 15.5 Å². The molecule has 0 radical (unpaired) electrons. The van der Waals surface area contributed by atoms with Crippen LogP contribution in [0.1, 0.15) is 30.8 Å². The minimum absolute atomic E-state index is 0.189. The van der Waals surface area contributed by atoms with Gasteiger partial charge in [-0.15, -0.1) is 0 Å². The molecule has 0 saturated heterocycles. The Balaban J connectivity index is 1.98. The summed E-state index contributed by atoms with van der Waals surface area (Å²) in [7, 11) is 0. The molecule has 0 atom stereocenters. The molecular formula is C20H19ClF3N3O. The molecule has 0 spiro atoms. The minimum Gasteiger partial charge on any atom is -0.324 e. The summed E-state index contributed by atoms with van der Waals surface area (Å²) in [4.78, 5) is 16.3. The van der Waals surface area contributed by atoms with Crippen molar-refractivity contribution in [2.45, 2.75) is 39.4 Å². The van der Waals surface area contributed by atoms with Crippen LogP contribution >= 0.6 is 11.6 Å². The van der Waals surface area contributed by atoms with Crippen LogP contribution in [0.15, 0.2) is 36.4 Å². The summed E-state index contributed by atoms with van der Waals surface area (Å²) in [5.41, 5.74) is 2.65. The molecule has 28 heavy (non-hydrogen) atoms. The lowest BCUT2D eigenvalue weighted by atomic mass is 10.0. The van der Waals surface area contributed by atoms with E-state index in [9.17, 15) is 18.0 Å². The fourth-order valence-electron chi connectivity index (χ4n) is 3.24. The van der Waals surface area contributed by atoms with E-state index in [0.29, 0.717) is 23.6 Å². The Morgan fingerprint density at radius 1 is 1.14 bits per heavy atom. The van der Waals surface area contributed by atoms with E-state index in [4.69, 9.17) is 11.6 Å². The van der Waals surface area contributed by atoms with E-state index in [0.717, 1.165) is 15.7 Å². The summed E-state index contributed by atoms with van der Waals surface area (Å²) in [6.45, 7) is 3.33. The third-order valence-electron chi connectivity index (χ3n) is 4.55. The minimum atomic E-state index is -4.67. The maximum atomic E-state index is 13.4. The van der Waals surface area contributed by atoms with Crippen molar-refractivity contribution in [1.82, 2.24) is 9.55 Å². The molecule has 1 amide bonds. The second-order valence-corrected chi connectivity index (χ2v) is 6.73. The number of benzene rings is 2. The molecule has 3 rings (SSSR count). The highest BCUT2D eigenvalue weighted by atomic mass is 35.5. The molecule has 2 aromatic carbocycles. The Morgan fingerprint density at radius 2 is 1.86 bits per heavy atom. The van der Waals surface area contributed by atoms with E-state index >= 15 is 0 Å². The van der Waals surface area contributed by atoms with Crippen LogP contribution in [0.4, 0.5) is 18.9 Å². The summed E-state index contributed by atoms with van der Waals surface area (Å²) in [6, 6.07) is 9.79. The van der Waals surface area contributed by atoms with E-state index in [1.807, 2.05) is 19.9 Å². The van der Waals surface area contributed by atoms with E-state index in [1.54, 1.807) is 18.2 Å². The van der Waals surface area contributed by atoms with Crippen molar-refractivity contribution < 1.29 is 18.0 Å². The molecule has 0 saturated carbocycles. The Kier molecular flexibility index (Phi) is 5.65. The van der Waals surface area contributed by atoms with Crippen LogP contribution in [0, 0.1) is 0 Å². The van der Waals surface area contributed by atoms with Crippen molar-refractivity contribution in [2.24, 2.45) is 0 Å². The Labute approximate surface area is 165 Å². The number of nitrogens with one attached hydrogen (secondary N) is 1. The van der Waals surface area contributed by atoms with E-state index in [2.05, 4.69) is 10.3 Å². The molecule has 0 unspecified atom stereocenters. The molecule has 0 fully saturated rings. The molecule has 1 heterocycles. The van der Waals surface area contributed by atoms with Gasteiger partial charge in [-0.1, -0.05) is 43.6 Å². The lowest BCUT2D eigenvalue weighted by Crippen LogP contribution is -2.24. The van der Waals surface area contributed by atoms with E-state index < -0.39 is 24.5 Å². The van der Waals surface area contributed by atoms with Crippen LogP contribution in [0.2, 0.25) is 5.02 Å². The van der Waals surface area contributed by atoms with Crippen LogP contribution in [-0.2, 0) is 30.4 Å². The molecule has 148 valence electrons. The van der Waals surface area contributed by atoms with Crippen molar-refractivity contribution in [2.75, 3.05) is 5.32 Å². The first-order valence-electron chi connectivity index (χ1n) is 8.88. The third kappa shape index (κ3) is 3.85. The Hall–Kier alpha value is -2.54. The summed E-state index contributed by atoms with van der Waals surface area (Å²) in [5, 5.41) is 3.28. The number of halogens is 4. The lowest BCUT2D eigenvalue weighted by Gasteiger charge is -2.17. The molecule has 3 aromatic rings. The van der Waals surface area contributed by atoms with Crippen LogP contribution < -0.4 is 5.32 Å². The van der Waals surface area contributed by atoms with Gasteiger partial charge in [0.2, 0.25) is 11.7 Å². The number of anilines is 1. The van der Waals surface area contributed by atoms with Crippen molar-refractivity contribution in [3.05, 3.63) is 58.4 Å². The van der Waals surface area contributed by atoms with Gasteiger partial charge in [0.1, 0.15) is 6.54 Å². The monoisotopic (exact) mass is 409 g/mol. The number of carbonyl (C=O) groups excluding carboxylic acids is 1. The topological polar surface area (TPSA) is 46.9 Å².